The molecule has 1 N–H and O–H groups in total. The van der Waals surface area contributed by atoms with Crippen molar-refractivity contribution in [3.8, 4) is 0 Å². The van der Waals surface area contributed by atoms with Crippen LogP contribution in [0.1, 0.15) is 37.0 Å². The van der Waals surface area contributed by atoms with Gasteiger partial charge in [-0.3, -0.25) is 4.98 Å². The number of hydrogen-bond donors (Lipinski definition) is 1. The lowest BCUT2D eigenvalue weighted by atomic mass is 10.0. The van der Waals surface area contributed by atoms with Crippen LogP contribution in [0.15, 0.2) is 30.7 Å². The largest absolute Gasteiger partial charge is 0.334 e. The predicted molar refractivity (Wildman–Crippen MR) is 72.4 cm³/mol. The predicted octanol–water partition coefficient (Wildman–Crippen LogP) is 2.17. The molecule has 0 bridgehead atoms. The number of aromatic nitrogens is 3. The first kappa shape index (κ1) is 12.8. The summed E-state index contributed by atoms with van der Waals surface area (Å²) in [4.78, 5) is 9.01. The fraction of sp³-hybridized carbons (Fsp3) is 0.429. The van der Waals surface area contributed by atoms with E-state index in [2.05, 4.69) is 39.8 Å². The van der Waals surface area contributed by atoms with Crippen LogP contribution in [0.25, 0.3) is 0 Å². The Bertz CT molecular complexity index is 504. The number of nitrogens with zero attached hydrogens (tertiary/aromatic N) is 3. The van der Waals surface area contributed by atoms with E-state index >= 15 is 0 Å². The summed E-state index contributed by atoms with van der Waals surface area (Å²) in [6.45, 7) is 5.19. The van der Waals surface area contributed by atoms with Crippen molar-refractivity contribution in [2.24, 2.45) is 0 Å². The second-order valence-corrected chi connectivity index (χ2v) is 4.19. The van der Waals surface area contributed by atoms with E-state index in [4.69, 9.17) is 0 Å². The Morgan fingerprint density at radius 3 is 2.78 bits per heavy atom. The Balaban J connectivity index is 2.45. The van der Waals surface area contributed by atoms with Gasteiger partial charge in [0.25, 0.3) is 0 Å². The highest BCUT2D eigenvalue weighted by Crippen LogP contribution is 2.22. The van der Waals surface area contributed by atoms with Crippen LogP contribution < -0.4 is 5.32 Å². The Morgan fingerprint density at radius 2 is 2.11 bits per heavy atom. The monoisotopic (exact) mass is 244 g/mol. The molecule has 0 aliphatic carbocycles. The van der Waals surface area contributed by atoms with Gasteiger partial charge in [-0.25, -0.2) is 4.98 Å². The minimum Gasteiger partial charge on any atom is -0.334 e. The van der Waals surface area contributed by atoms with Crippen molar-refractivity contribution in [2.75, 3.05) is 7.05 Å². The molecule has 1 atom stereocenters. The summed E-state index contributed by atoms with van der Waals surface area (Å²) >= 11 is 0. The number of hydrogen-bond acceptors (Lipinski definition) is 3. The van der Waals surface area contributed by atoms with Crippen molar-refractivity contribution in [3.05, 3.63) is 47.8 Å². The van der Waals surface area contributed by atoms with E-state index in [1.807, 2.05) is 31.7 Å². The maximum Gasteiger partial charge on any atom is 0.132 e. The van der Waals surface area contributed by atoms with Crippen LogP contribution in [0.5, 0.6) is 0 Å². The fourth-order valence-electron chi connectivity index (χ4n) is 2.25. The minimum atomic E-state index is 0.0519. The lowest BCUT2D eigenvalue weighted by Gasteiger charge is -2.19. The first-order valence-electron chi connectivity index (χ1n) is 6.43. The van der Waals surface area contributed by atoms with Gasteiger partial charge in [-0.2, -0.15) is 0 Å². The molecule has 0 aliphatic rings. The molecule has 96 valence electrons. The van der Waals surface area contributed by atoms with Gasteiger partial charge in [-0.1, -0.05) is 13.0 Å². The maximum atomic E-state index is 4.54. The molecule has 2 heterocycles. The van der Waals surface area contributed by atoms with E-state index in [1.54, 1.807) is 0 Å². The van der Waals surface area contributed by atoms with E-state index < -0.39 is 0 Å². The minimum absolute atomic E-state index is 0.0519. The standard InChI is InChI=1S/C14H20N4/c1-4-11-7-6-8-16-12(11)13(15-3)14-17-9-10-18(14)5-2/h6-10,13,15H,4-5H2,1-3H3. The first-order valence-corrected chi connectivity index (χ1v) is 6.43. The molecule has 0 aromatic carbocycles. The van der Waals surface area contributed by atoms with Crippen LogP contribution in [-0.4, -0.2) is 21.6 Å². The highest BCUT2D eigenvalue weighted by Gasteiger charge is 2.20. The Morgan fingerprint density at radius 1 is 1.28 bits per heavy atom. The van der Waals surface area contributed by atoms with Crippen molar-refractivity contribution < 1.29 is 0 Å². The summed E-state index contributed by atoms with van der Waals surface area (Å²) in [6, 6.07) is 4.17. The topological polar surface area (TPSA) is 42.7 Å². The molecule has 0 fully saturated rings. The summed E-state index contributed by atoms with van der Waals surface area (Å²) in [6.07, 6.45) is 6.68. The van der Waals surface area contributed by atoms with Crippen LogP contribution in [0.2, 0.25) is 0 Å². The third-order valence-electron chi connectivity index (χ3n) is 3.22. The van der Waals surface area contributed by atoms with Crippen LogP contribution in [-0.2, 0) is 13.0 Å². The van der Waals surface area contributed by atoms with Gasteiger partial charge >= 0.3 is 0 Å². The number of rotatable bonds is 5. The van der Waals surface area contributed by atoms with Gasteiger partial charge in [0.15, 0.2) is 0 Å². The van der Waals surface area contributed by atoms with E-state index in [1.165, 1.54) is 5.56 Å². The molecule has 0 amide bonds. The highest BCUT2D eigenvalue weighted by atomic mass is 15.1. The molecule has 2 aromatic rings. The molecule has 0 radical (unpaired) electrons. The Kier molecular flexibility index (Phi) is 4.10. The summed E-state index contributed by atoms with van der Waals surface area (Å²) in [5.41, 5.74) is 2.34. The SMILES string of the molecule is CCc1cccnc1C(NC)c1nccn1CC. The number of pyridine rings is 1. The van der Waals surface area contributed by atoms with E-state index in [0.717, 1.165) is 24.5 Å². The molecule has 0 saturated heterocycles. The molecule has 2 rings (SSSR count). The van der Waals surface area contributed by atoms with E-state index in [9.17, 15) is 0 Å². The normalized spacial score (nSPS) is 12.6. The van der Waals surface area contributed by atoms with Gasteiger partial charge in [-0.05, 0) is 32.0 Å². The molecule has 0 saturated carbocycles. The zero-order chi connectivity index (χ0) is 13.0. The maximum absolute atomic E-state index is 4.54. The fourth-order valence-corrected chi connectivity index (χ4v) is 2.25. The molecular weight excluding hydrogens is 224 g/mol. The smallest absolute Gasteiger partial charge is 0.132 e. The van der Waals surface area contributed by atoms with E-state index in [-0.39, 0.29) is 6.04 Å². The molecule has 18 heavy (non-hydrogen) atoms. The van der Waals surface area contributed by atoms with Gasteiger partial charge < -0.3 is 9.88 Å². The lowest BCUT2D eigenvalue weighted by Crippen LogP contribution is -2.24. The summed E-state index contributed by atoms with van der Waals surface area (Å²) in [5.74, 6) is 1.02. The number of nitrogens with one attached hydrogen (secondary N) is 1. The Labute approximate surface area is 108 Å². The molecule has 1 unspecified atom stereocenters. The molecule has 0 aliphatic heterocycles. The summed E-state index contributed by atoms with van der Waals surface area (Å²) in [7, 11) is 1.95. The van der Waals surface area contributed by atoms with Gasteiger partial charge in [0.05, 0.1) is 5.69 Å². The quantitative estimate of drug-likeness (QED) is 0.876. The van der Waals surface area contributed by atoms with Crippen molar-refractivity contribution in [3.63, 3.8) is 0 Å². The second kappa shape index (κ2) is 5.78. The molecular formula is C14H20N4. The lowest BCUT2D eigenvalue weighted by molar-refractivity contribution is 0.574. The van der Waals surface area contributed by atoms with Gasteiger partial charge in [-0.15, -0.1) is 0 Å². The molecule has 4 nitrogen and oxygen atoms in total. The summed E-state index contributed by atoms with van der Waals surface area (Å²) in [5, 5.41) is 3.32. The molecule has 4 heteroatoms. The van der Waals surface area contributed by atoms with Crippen LogP contribution >= 0.6 is 0 Å². The highest BCUT2D eigenvalue weighted by molar-refractivity contribution is 5.27. The zero-order valence-electron chi connectivity index (χ0n) is 11.2. The second-order valence-electron chi connectivity index (χ2n) is 4.19. The average molecular weight is 244 g/mol. The third kappa shape index (κ3) is 2.29. The third-order valence-corrected chi connectivity index (χ3v) is 3.22. The number of aryl methyl sites for hydroxylation is 2. The van der Waals surface area contributed by atoms with Crippen LogP contribution in [0.4, 0.5) is 0 Å². The van der Waals surface area contributed by atoms with Gasteiger partial charge in [0.2, 0.25) is 0 Å². The van der Waals surface area contributed by atoms with Crippen molar-refractivity contribution in [1.82, 2.24) is 19.9 Å². The van der Waals surface area contributed by atoms with Crippen molar-refractivity contribution >= 4 is 0 Å². The zero-order valence-corrected chi connectivity index (χ0v) is 11.2. The van der Waals surface area contributed by atoms with Crippen LogP contribution in [0, 0.1) is 0 Å². The van der Waals surface area contributed by atoms with E-state index in [0.29, 0.717) is 0 Å². The first-order chi connectivity index (χ1) is 8.81. The average Bonchev–Trinajstić information content (AvgIpc) is 2.88. The summed E-state index contributed by atoms with van der Waals surface area (Å²) < 4.78 is 2.15. The number of imidazole rings is 1. The van der Waals surface area contributed by atoms with Gasteiger partial charge in [0.1, 0.15) is 11.9 Å². The molecule has 2 aromatic heterocycles. The van der Waals surface area contributed by atoms with Crippen LogP contribution in [0.3, 0.4) is 0 Å². The van der Waals surface area contributed by atoms with Crippen molar-refractivity contribution in [2.45, 2.75) is 32.9 Å². The van der Waals surface area contributed by atoms with Crippen molar-refractivity contribution in [1.29, 1.82) is 0 Å². The Hall–Kier alpha value is -1.68. The molecule has 0 spiro atoms. The van der Waals surface area contributed by atoms with Gasteiger partial charge in [0, 0.05) is 25.1 Å².